The first-order valence-corrected chi connectivity index (χ1v) is 6.15. The second-order valence-electron chi connectivity index (χ2n) is 4.26. The Bertz CT molecular complexity index is 316. The van der Waals surface area contributed by atoms with Crippen molar-refractivity contribution in [1.29, 1.82) is 0 Å². The van der Waals surface area contributed by atoms with E-state index >= 15 is 0 Å². The van der Waals surface area contributed by atoms with E-state index in [9.17, 15) is 0 Å². The third kappa shape index (κ3) is 2.73. The minimum absolute atomic E-state index is 0.714. The van der Waals surface area contributed by atoms with Gasteiger partial charge >= 0.3 is 0 Å². The normalized spacial score (nSPS) is 19.3. The molecular weight excluding hydrogens is 206 g/mol. The second kappa shape index (κ2) is 5.00. The molecule has 0 amide bonds. The Balaban J connectivity index is 2.01. The number of rotatable bonds is 2. The van der Waals surface area contributed by atoms with E-state index in [1.807, 2.05) is 6.07 Å². The molecule has 0 radical (unpaired) electrons. The number of hydrogen-bond donors (Lipinski definition) is 0. The van der Waals surface area contributed by atoms with Gasteiger partial charge in [-0.15, -0.1) is 0 Å². The van der Waals surface area contributed by atoms with Gasteiger partial charge < -0.3 is 4.90 Å². The predicted octanol–water partition coefficient (Wildman–Crippen LogP) is 3.54. The topological polar surface area (TPSA) is 3.24 Å². The molecule has 0 aromatic heterocycles. The zero-order chi connectivity index (χ0) is 10.7. The summed E-state index contributed by atoms with van der Waals surface area (Å²) in [7, 11) is 0. The average Bonchev–Trinajstić information content (AvgIpc) is 2.29. The molecule has 0 atom stereocenters. The fraction of sp³-hybridized carbons (Fsp3) is 0.538. The molecule has 1 aliphatic heterocycles. The van der Waals surface area contributed by atoms with Gasteiger partial charge in [-0.05, 0) is 56.1 Å². The smallest absolute Gasteiger partial charge is 0.0408 e. The Morgan fingerprint density at radius 3 is 2.67 bits per heavy atom. The van der Waals surface area contributed by atoms with E-state index in [0.29, 0.717) is 5.92 Å². The quantitative estimate of drug-likeness (QED) is 0.742. The van der Waals surface area contributed by atoms with Gasteiger partial charge in [-0.2, -0.15) is 0 Å². The van der Waals surface area contributed by atoms with Crippen LogP contribution in [0.4, 0.5) is 0 Å². The summed E-state index contributed by atoms with van der Waals surface area (Å²) in [5.74, 6) is 0.714. The highest BCUT2D eigenvalue weighted by Gasteiger charge is 2.19. The zero-order valence-corrected chi connectivity index (χ0v) is 10.0. The molecule has 0 unspecified atom stereocenters. The maximum Gasteiger partial charge on any atom is 0.0408 e. The molecule has 1 fully saturated rings. The molecule has 1 nitrogen and oxygen atoms in total. The molecule has 0 bridgehead atoms. The van der Waals surface area contributed by atoms with Gasteiger partial charge in [0.1, 0.15) is 0 Å². The molecule has 2 rings (SSSR count). The van der Waals surface area contributed by atoms with E-state index in [-0.39, 0.29) is 0 Å². The molecule has 2 heteroatoms. The van der Waals surface area contributed by atoms with Gasteiger partial charge in [0.05, 0.1) is 0 Å². The van der Waals surface area contributed by atoms with Crippen LogP contribution in [0.3, 0.4) is 0 Å². The van der Waals surface area contributed by atoms with Crippen LogP contribution < -0.4 is 0 Å². The van der Waals surface area contributed by atoms with E-state index in [1.54, 1.807) is 0 Å². The average molecular weight is 224 g/mol. The van der Waals surface area contributed by atoms with Crippen molar-refractivity contribution in [1.82, 2.24) is 4.90 Å². The van der Waals surface area contributed by atoms with Gasteiger partial charge in [-0.25, -0.2) is 0 Å². The van der Waals surface area contributed by atoms with Crippen molar-refractivity contribution in [3.05, 3.63) is 34.9 Å². The molecular formula is C13H18ClN. The number of benzene rings is 1. The van der Waals surface area contributed by atoms with Gasteiger partial charge in [0.2, 0.25) is 0 Å². The Hall–Kier alpha value is -0.530. The Morgan fingerprint density at radius 2 is 2.07 bits per heavy atom. The van der Waals surface area contributed by atoms with E-state index in [2.05, 4.69) is 30.0 Å². The molecule has 0 saturated carbocycles. The number of likely N-dealkylation sites (tertiary alicyclic amines) is 1. The molecule has 0 aliphatic carbocycles. The van der Waals surface area contributed by atoms with E-state index in [1.165, 1.54) is 38.0 Å². The number of nitrogens with zero attached hydrogens (tertiary/aromatic N) is 1. The number of hydrogen-bond acceptors (Lipinski definition) is 1. The van der Waals surface area contributed by atoms with Crippen molar-refractivity contribution in [2.24, 2.45) is 0 Å². The molecule has 82 valence electrons. The highest BCUT2D eigenvalue weighted by Crippen LogP contribution is 2.29. The van der Waals surface area contributed by atoms with Crippen molar-refractivity contribution >= 4 is 11.6 Å². The monoisotopic (exact) mass is 223 g/mol. The van der Waals surface area contributed by atoms with Crippen LogP contribution in [-0.4, -0.2) is 24.5 Å². The molecule has 15 heavy (non-hydrogen) atoms. The molecule has 1 aromatic rings. The van der Waals surface area contributed by atoms with Crippen molar-refractivity contribution in [2.45, 2.75) is 25.7 Å². The Kier molecular flexibility index (Phi) is 3.66. The van der Waals surface area contributed by atoms with E-state index in [0.717, 1.165) is 5.02 Å². The highest BCUT2D eigenvalue weighted by molar-refractivity contribution is 6.30. The fourth-order valence-electron chi connectivity index (χ4n) is 2.34. The molecule has 0 N–H and O–H groups in total. The highest BCUT2D eigenvalue weighted by atomic mass is 35.5. The third-order valence-electron chi connectivity index (χ3n) is 3.35. The summed E-state index contributed by atoms with van der Waals surface area (Å²) in [4.78, 5) is 2.51. The van der Waals surface area contributed by atoms with Gasteiger partial charge in [-0.3, -0.25) is 0 Å². The summed E-state index contributed by atoms with van der Waals surface area (Å²) in [6.45, 7) is 5.88. The van der Waals surface area contributed by atoms with Gasteiger partial charge in [-0.1, -0.05) is 30.7 Å². The van der Waals surface area contributed by atoms with Crippen molar-refractivity contribution in [3.63, 3.8) is 0 Å². The predicted molar refractivity (Wildman–Crippen MR) is 65.5 cm³/mol. The maximum absolute atomic E-state index is 6.01. The largest absolute Gasteiger partial charge is 0.304 e. The summed E-state index contributed by atoms with van der Waals surface area (Å²) in [6.07, 6.45) is 2.54. The summed E-state index contributed by atoms with van der Waals surface area (Å²) in [6, 6.07) is 8.34. The minimum Gasteiger partial charge on any atom is -0.304 e. The fourth-order valence-corrected chi connectivity index (χ4v) is 2.54. The first-order chi connectivity index (χ1) is 7.29. The van der Waals surface area contributed by atoms with Crippen LogP contribution in [-0.2, 0) is 0 Å². The standard InChI is InChI=1S/C13H18ClN/c1-2-15-8-6-11(7-9-15)12-4-3-5-13(14)10-12/h3-5,10-11H,2,6-9H2,1H3. The second-order valence-corrected chi connectivity index (χ2v) is 4.70. The lowest BCUT2D eigenvalue weighted by Gasteiger charge is -2.31. The Labute approximate surface area is 97.0 Å². The minimum atomic E-state index is 0.714. The summed E-state index contributed by atoms with van der Waals surface area (Å²) < 4.78 is 0. The van der Waals surface area contributed by atoms with Crippen LogP contribution in [0.2, 0.25) is 5.02 Å². The van der Waals surface area contributed by atoms with Crippen LogP contribution >= 0.6 is 11.6 Å². The molecule has 1 heterocycles. The van der Waals surface area contributed by atoms with E-state index < -0.39 is 0 Å². The lowest BCUT2D eigenvalue weighted by Crippen LogP contribution is -2.32. The maximum atomic E-state index is 6.01. The number of halogens is 1. The molecule has 1 aromatic carbocycles. The van der Waals surface area contributed by atoms with Crippen molar-refractivity contribution in [2.75, 3.05) is 19.6 Å². The zero-order valence-electron chi connectivity index (χ0n) is 9.25. The third-order valence-corrected chi connectivity index (χ3v) is 3.59. The molecule has 0 spiro atoms. The summed E-state index contributed by atoms with van der Waals surface area (Å²) >= 11 is 6.01. The summed E-state index contributed by atoms with van der Waals surface area (Å²) in [5.41, 5.74) is 1.42. The van der Waals surface area contributed by atoms with E-state index in [4.69, 9.17) is 11.6 Å². The van der Waals surface area contributed by atoms with Crippen LogP contribution in [0.25, 0.3) is 0 Å². The SMILES string of the molecule is CCN1CCC(c2cccc(Cl)c2)CC1. The van der Waals surface area contributed by atoms with Gasteiger partial charge in [0.15, 0.2) is 0 Å². The van der Waals surface area contributed by atoms with Gasteiger partial charge in [0.25, 0.3) is 0 Å². The van der Waals surface area contributed by atoms with Crippen LogP contribution in [0.5, 0.6) is 0 Å². The van der Waals surface area contributed by atoms with Crippen LogP contribution in [0, 0.1) is 0 Å². The lowest BCUT2D eigenvalue weighted by molar-refractivity contribution is 0.222. The van der Waals surface area contributed by atoms with Crippen molar-refractivity contribution in [3.8, 4) is 0 Å². The summed E-state index contributed by atoms with van der Waals surface area (Å²) in [5, 5.41) is 0.866. The van der Waals surface area contributed by atoms with Crippen LogP contribution in [0.15, 0.2) is 24.3 Å². The van der Waals surface area contributed by atoms with Crippen molar-refractivity contribution < 1.29 is 0 Å². The molecule has 1 saturated heterocycles. The number of piperidine rings is 1. The molecule has 1 aliphatic rings. The van der Waals surface area contributed by atoms with Crippen LogP contribution in [0.1, 0.15) is 31.2 Å². The first-order valence-electron chi connectivity index (χ1n) is 5.77. The van der Waals surface area contributed by atoms with Gasteiger partial charge in [0, 0.05) is 5.02 Å². The Morgan fingerprint density at radius 1 is 1.33 bits per heavy atom. The lowest BCUT2D eigenvalue weighted by atomic mass is 9.89. The first kappa shape index (κ1) is 11.0.